The van der Waals surface area contributed by atoms with Crippen molar-refractivity contribution in [1.29, 1.82) is 0 Å². The number of benzene rings is 1. The third-order valence-corrected chi connectivity index (χ3v) is 6.14. The zero-order valence-electron chi connectivity index (χ0n) is 14.4. The number of nitrogens with one attached hydrogen (secondary N) is 1. The number of sulfonamides is 1. The Kier molecular flexibility index (Phi) is 6.08. The molecule has 1 N–H and O–H groups in total. The fourth-order valence-corrected chi connectivity index (χ4v) is 4.38. The minimum absolute atomic E-state index is 0.0365. The number of hydrogen-bond donors (Lipinski definition) is 1. The standard InChI is InChI=1S/C18H21N3O3S2/c1-24-17-5-3-15(4-6-17)8-12-26(22,23)20-13-18(16-7-11-25-14-16)21-10-2-9-19-21/h2-7,9-11,14,18,20H,8,12-13H2,1H3/t18-/m0/s1. The molecule has 0 unspecified atom stereocenters. The summed E-state index contributed by atoms with van der Waals surface area (Å²) < 4.78 is 34.4. The zero-order valence-corrected chi connectivity index (χ0v) is 16.0. The molecule has 1 aromatic carbocycles. The second kappa shape index (κ2) is 8.48. The lowest BCUT2D eigenvalue weighted by atomic mass is 10.1. The van der Waals surface area contributed by atoms with Crippen LogP contribution in [0.1, 0.15) is 17.2 Å². The van der Waals surface area contributed by atoms with Crippen LogP contribution < -0.4 is 9.46 Å². The summed E-state index contributed by atoms with van der Waals surface area (Å²) in [7, 11) is -1.79. The van der Waals surface area contributed by atoms with E-state index < -0.39 is 10.0 Å². The number of nitrogens with zero attached hydrogens (tertiary/aromatic N) is 2. The number of ether oxygens (including phenoxy) is 1. The summed E-state index contributed by atoms with van der Waals surface area (Å²) in [6, 6.07) is 11.1. The van der Waals surface area contributed by atoms with Gasteiger partial charge >= 0.3 is 0 Å². The van der Waals surface area contributed by atoms with Gasteiger partial charge < -0.3 is 4.74 Å². The van der Waals surface area contributed by atoms with Crippen LogP contribution in [0.3, 0.4) is 0 Å². The molecule has 0 aliphatic carbocycles. The van der Waals surface area contributed by atoms with Crippen LogP contribution in [0.4, 0.5) is 0 Å². The molecule has 1 atom stereocenters. The fraction of sp³-hybridized carbons (Fsp3) is 0.278. The van der Waals surface area contributed by atoms with Crippen LogP contribution in [-0.2, 0) is 16.4 Å². The third-order valence-electron chi connectivity index (χ3n) is 4.09. The highest BCUT2D eigenvalue weighted by atomic mass is 32.2. The Labute approximate surface area is 157 Å². The predicted molar refractivity (Wildman–Crippen MR) is 103 cm³/mol. The van der Waals surface area contributed by atoms with Gasteiger partial charge in [0.25, 0.3) is 0 Å². The van der Waals surface area contributed by atoms with Crippen LogP contribution in [0.25, 0.3) is 0 Å². The van der Waals surface area contributed by atoms with Crippen LogP contribution in [-0.4, -0.2) is 37.6 Å². The van der Waals surface area contributed by atoms with Gasteiger partial charge in [-0.25, -0.2) is 13.1 Å². The molecular weight excluding hydrogens is 370 g/mol. The van der Waals surface area contributed by atoms with Crippen molar-refractivity contribution in [3.63, 3.8) is 0 Å². The van der Waals surface area contributed by atoms with Crippen LogP contribution in [0, 0.1) is 0 Å². The van der Waals surface area contributed by atoms with Gasteiger partial charge in [0.1, 0.15) is 5.75 Å². The van der Waals surface area contributed by atoms with E-state index in [-0.39, 0.29) is 18.3 Å². The van der Waals surface area contributed by atoms with Gasteiger partial charge in [0.15, 0.2) is 0 Å². The van der Waals surface area contributed by atoms with E-state index in [0.29, 0.717) is 6.42 Å². The van der Waals surface area contributed by atoms with Crippen molar-refractivity contribution in [2.75, 3.05) is 19.4 Å². The van der Waals surface area contributed by atoms with Gasteiger partial charge in [0.05, 0.1) is 18.9 Å². The Hall–Kier alpha value is -2.16. The molecule has 0 saturated carbocycles. The molecule has 6 nitrogen and oxygen atoms in total. The average molecular weight is 392 g/mol. The SMILES string of the molecule is COc1ccc(CCS(=O)(=O)NC[C@@H](c2ccsc2)n2cccn2)cc1. The average Bonchev–Trinajstić information content (AvgIpc) is 3.35. The Balaban J connectivity index is 1.60. The molecule has 0 aliphatic rings. The normalized spacial score (nSPS) is 12.8. The summed E-state index contributed by atoms with van der Waals surface area (Å²) in [5.41, 5.74) is 1.99. The lowest BCUT2D eigenvalue weighted by Crippen LogP contribution is -2.33. The van der Waals surface area contributed by atoms with E-state index in [1.807, 2.05) is 53.4 Å². The molecule has 0 radical (unpaired) electrons. The molecule has 3 rings (SSSR count). The maximum absolute atomic E-state index is 12.4. The van der Waals surface area contributed by atoms with Crippen molar-refractivity contribution in [2.45, 2.75) is 12.5 Å². The van der Waals surface area contributed by atoms with E-state index in [1.54, 1.807) is 29.3 Å². The fourth-order valence-electron chi connectivity index (χ4n) is 2.62. The first-order valence-electron chi connectivity index (χ1n) is 8.19. The van der Waals surface area contributed by atoms with Gasteiger partial charge in [0.2, 0.25) is 10.0 Å². The number of rotatable bonds is 9. The molecule has 0 aliphatic heterocycles. The molecule has 26 heavy (non-hydrogen) atoms. The van der Waals surface area contributed by atoms with Gasteiger partial charge in [-0.05, 0) is 52.6 Å². The van der Waals surface area contributed by atoms with E-state index in [0.717, 1.165) is 16.9 Å². The highest BCUT2D eigenvalue weighted by Crippen LogP contribution is 2.20. The quantitative estimate of drug-likeness (QED) is 0.609. The van der Waals surface area contributed by atoms with Crippen LogP contribution in [0.15, 0.2) is 59.6 Å². The van der Waals surface area contributed by atoms with E-state index in [9.17, 15) is 8.42 Å². The molecule has 0 bridgehead atoms. The van der Waals surface area contributed by atoms with Gasteiger partial charge in [-0.15, -0.1) is 0 Å². The number of aryl methyl sites for hydroxylation is 1. The molecule has 3 aromatic rings. The van der Waals surface area contributed by atoms with Crippen molar-refractivity contribution in [3.8, 4) is 5.75 Å². The van der Waals surface area contributed by atoms with Gasteiger partial charge in [-0.3, -0.25) is 4.68 Å². The van der Waals surface area contributed by atoms with Gasteiger partial charge in [0, 0.05) is 18.9 Å². The largest absolute Gasteiger partial charge is 0.497 e. The van der Waals surface area contributed by atoms with Crippen molar-refractivity contribution in [2.24, 2.45) is 0 Å². The topological polar surface area (TPSA) is 73.2 Å². The van der Waals surface area contributed by atoms with Crippen molar-refractivity contribution < 1.29 is 13.2 Å². The minimum Gasteiger partial charge on any atom is -0.497 e. The first kappa shape index (κ1) is 18.6. The Morgan fingerprint density at radius 2 is 2.08 bits per heavy atom. The molecule has 0 spiro atoms. The van der Waals surface area contributed by atoms with Crippen molar-refractivity contribution in [3.05, 3.63) is 70.7 Å². The summed E-state index contributed by atoms with van der Waals surface area (Å²) in [4.78, 5) is 0. The van der Waals surface area contributed by atoms with Gasteiger partial charge in [-0.2, -0.15) is 16.4 Å². The van der Waals surface area contributed by atoms with E-state index in [1.165, 1.54) is 0 Å². The van der Waals surface area contributed by atoms with Crippen molar-refractivity contribution in [1.82, 2.24) is 14.5 Å². The zero-order chi connectivity index (χ0) is 18.4. The smallest absolute Gasteiger partial charge is 0.212 e. The van der Waals surface area contributed by atoms with Crippen LogP contribution in [0.5, 0.6) is 5.75 Å². The number of thiophene rings is 1. The van der Waals surface area contributed by atoms with Crippen LogP contribution >= 0.6 is 11.3 Å². The number of aromatic nitrogens is 2. The van der Waals surface area contributed by atoms with Gasteiger partial charge in [-0.1, -0.05) is 12.1 Å². The molecule has 0 fully saturated rings. The Morgan fingerprint density at radius 1 is 1.27 bits per heavy atom. The number of hydrogen-bond acceptors (Lipinski definition) is 5. The summed E-state index contributed by atoms with van der Waals surface area (Å²) in [6.45, 7) is 0.267. The first-order chi connectivity index (χ1) is 12.6. The maximum atomic E-state index is 12.4. The first-order valence-corrected chi connectivity index (χ1v) is 10.8. The summed E-state index contributed by atoms with van der Waals surface area (Å²) >= 11 is 1.58. The lowest BCUT2D eigenvalue weighted by molar-refractivity contribution is 0.414. The molecular formula is C18H21N3O3S2. The second-order valence-corrected chi connectivity index (χ2v) is 8.53. The Bertz CT molecular complexity index is 856. The minimum atomic E-state index is -3.39. The summed E-state index contributed by atoms with van der Waals surface area (Å²) in [5.74, 6) is 0.794. The molecule has 138 valence electrons. The molecule has 0 saturated heterocycles. The monoisotopic (exact) mass is 391 g/mol. The summed E-state index contributed by atoms with van der Waals surface area (Å²) in [6.07, 6.45) is 3.98. The molecule has 8 heteroatoms. The van der Waals surface area contributed by atoms with E-state index in [4.69, 9.17) is 4.74 Å². The summed E-state index contributed by atoms with van der Waals surface area (Å²) in [5, 5.41) is 8.25. The van der Waals surface area contributed by atoms with E-state index in [2.05, 4.69) is 9.82 Å². The molecule has 2 aromatic heterocycles. The molecule has 0 amide bonds. The molecule has 2 heterocycles. The third kappa shape index (κ3) is 4.94. The van der Waals surface area contributed by atoms with E-state index >= 15 is 0 Å². The predicted octanol–water partition coefficient (Wildman–Crippen LogP) is 2.70. The number of methoxy groups -OCH3 is 1. The highest BCUT2D eigenvalue weighted by Gasteiger charge is 2.18. The maximum Gasteiger partial charge on any atom is 0.212 e. The highest BCUT2D eigenvalue weighted by molar-refractivity contribution is 7.89. The van der Waals surface area contributed by atoms with Crippen molar-refractivity contribution >= 4 is 21.4 Å². The lowest BCUT2D eigenvalue weighted by Gasteiger charge is -2.17. The second-order valence-electron chi connectivity index (χ2n) is 5.82. The Morgan fingerprint density at radius 3 is 2.69 bits per heavy atom. The van der Waals surface area contributed by atoms with Crippen LogP contribution in [0.2, 0.25) is 0 Å².